The van der Waals surface area contributed by atoms with Crippen LogP contribution in [0.4, 0.5) is 5.69 Å². The number of aromatic carboxylic acids is 2. The molecule has 4 aromatic rings. The Bertz CT molecular complexity index is 2020. The van der Waals surface area contributed by atoms with Gasteiger partial charge in [0.2, 0.25) is 5.91 Å². The molecule has 0 spiro atoms. The lowest BCUT2D eigenvalue weighted by molar-refractivity contribution is -0.121. The summed E-state index contributed by atoms with van der Waals surface area (Å²) in [6.45, 7) is 0.634. The number of nitrogens with zero attached hydrogens (tertiary/aromatic N) is 2. The van der Waals surface area contributed by atoms with Crippen molar-refractivity contribution in [2.75, 3.05) is 11.9 Å². The normalized spacial score (nSPS) is 24.8. The van der Waals surface area contributed by atoms with E-state index in [2.05, 4.69) is 20.6 Å². The summed E-state index contributed by atoms with van der Waals surface area (Å²) >= 11 is 0. The molecule has 5 N–H and O–H groups in total. The van der Waals surface area contributed by atoms with Gasteiger partial charge in [-0.05, 0) is 103 Å². The molecule has 4 fully saturated rings. The summed E-state index contributed by atoms with van der Waals surface area (Å²) in [6, 6.07) is 13.0. The minimum atomic E-state index is -1.35. The molecule has 4 bridgehead atoms. The van der Waals surface area contributed by atoms with Gasteiger partial charge in [-0.2, -0.15) is 0 Å². The highest BCUT2D eigenvalue weighted by Crippen LogP contribution is 2.59. The minimum absolute atomic E-state index is 0.0258. The number of aromatic nitrogens is 2. The van der Waals surface area contributed by atoms with Crippen LogP contribution in [0.25, 0.3) is 11.0 Å². The first kappa shape index (κ1) is 31.7. The number of anilines is 1. The Morgan fingerprint density at radius 1 is 0.840 bits per heavy atom. The predicted octanol–water partition coefficient (Wildman–Crippen LogP) is 5.11. The van der Waals surface area contributed by atoms with E-state index in [-0.39, 0.29) is 52.2 Å². The average Bonchev–Trinajstić information content (AvgIpc) is 3.56. The number of H-pyrrole nitrogens is 1. The van der Waals surface area contributed by atoms with E-state index in [1.165, 1.54) is 42.6 Å². The summed E-state index contributed by atoms with van der Waals surface area (Å²) in [5.74, 6) is -2.04. The van der Waals surface area contributed by atoms with E-state index in [9.17, 15) is 34.2 Å². The number of aromatic amines is 1. The van der Waals surface area contributed by atoms with Crippen LogP contribution >= 0.6 is 0 Å². The number of carboxylic acids is 2. The number of carbonyl (C=O) groups excluding carboxylic acids is 3. The molecule has 4 aliphatic carbocycles. The molecule has 256 valence electrons. The number of hydrogen-bond donors (Lipinski definition) is 5. The summed E-state index contributed by atoms with van der Waals surface area (Å²) < 4.78 is 0. The van der Waals surface area contributed by atoms with Gasteiger partial charge in [-0.15, -0.1) is 0 Å². The number of fused-ring (bicyclic) bond motifs is 2. The molecule has 5 aliphatic rings. The molecular weight excluding hydrogens is 638 g/mol. The number of benzene rings is 3. The molecule has 2 heterocycles. The Hall–Kier alpha value is -5.52. The second kappa shape index (κ2) is 12.1. The van der Waals surface area contributed by atoms with Gasteiger partial charge in [-0.3, -0.25) is 14.4 Å². The highest BCUT2D eigenvalue weighted by molar-refractivity contribution is 6.11. The number of hydrogen-bond acceptors (Lipinski definition) is 6. The molecule has 4 saturated carbocycles. The molecule has 50 heavy (non-hydrogen) atoms. The Labute approximate surface area is 287 Å². The van der Waals surface area contributed by atoms with Crippen LogP contribution in [0.2, 0.25) is 0 Å². The number of imidazole rings is 1. The van der Waals surface area contributed by atoms with Gasteiger partial charge in [0.15, 0.2) is 0 Å². The van der Waals surface area contributed by atoms with E-state index in [1.807, 2.05) is 24.3 Å². The third kappa shape index (κ3) is 5.78. The van der Waals surface area contributed by atoms with Crippen LogP contribution in [0.15, 0.2) is 60.9 Å². The van der Waals surface area contributed by atoms with Gasteiger partial charge < -0.3 is 30.7 Å². The fourth-order valence-corrected chi connectivity index (χ4v) is 9.51. The summed E-state index contributed by atoms with van der Waals surface area (Å²) in [7, 11) is 0. The second-order valence-corrected chi connectivity index (χ2v) is 14.7. The Kier molecular flexibility index (Phi) is 7.69. The summed E-state index contributed by atoms with van der Waals surface area (Å²) in [5.41, 5.74) is 2.56. The lowest BCUT2D eigenvalue weighted by Gasteiger charge is -2.56. The number of carboxylic acid groups (broad SMARTS) is 2. The molecule has 0 saturated heterocycles. The van der Waals surface area contributed by atoms with E-state index in [1.54, 1.807) is 12.1 Å². The van der Waals surface area contributed by atoms with Crippen LogP contribution in [0.3, 0.4) is 0 Å². The van der Waals surface area contributed by atoms with E-state index in [4.69, 9.17) is 0 Å². The van der Waals surface area contributed by atoms with E-state index >= 15 is 0 Å². The van der Waals surface area contributed by atoms with Crippen LogP contribution in [0.5, 0.6) is 0 Å². The molecule has 1 aromatic heterocycles. The summed E-state index contributed by atoms with van der Waals surface area (Å²) in [5, 5.41) is 25.0. The Morgan fingerprint density at radius 3 is 2.12 bits per heavy atom. The molecule has 3 amide bonds. The summed E-state index contributed by atoms with van der Waals surface area (Å²) in [4.78, 5) is 74.9. The van der Waals surface area contributed by atoms with Gasteiger partial charge in [0.1, 0.15) is 6.04 Å². The van der Waals surface area contributed by atoms with Crippen LogP contribution in [-0.4, -0.2) is 67.3 Å². The maximum atomic E-state index is 14.7. The fraction of sp³-hybridized carbons (Fsp3) is 0.368. The van der Waals surface area contributed by atoms with Crippen molar-refractivity contribution in [1.29, 1.82) is 0 Å². The zero-order valence-corrected chi connectivity index (χ0v) is 27.3. The first-order valence-electron chi connectivity index (χ1n) is 17.1. The molecule has 12 nitrogen and oxygen atoms in total. The quantitative estimate of drug-likeness (QED) is 0.171. The Morgan fingerprint density at radius 2 is 1.48 bits per heavy atom. The first-order valence-corrected chi connectivity index (χ1v) is 17.1. The topological polar surface area (TPSA) is 182 Å². The van der Waals surface area contributed by atoms with Crippen molar-refractivity contribution in [3.63, 3.8) is 0 Å². The van der Waals surface area contributed by atoms with Crippen molar-refractivity contribution < 1.29 is 34.2 Å². The monoisotopic (exact) mass is 675 g/mol. The molecule has 9 rings (SSSR count). The van der Waals surface area contributed by atoms with Crippen LogP contribution in [0, 0.1) is 23.2 Å². The van der Waals surface area contributed by atoms with Gasteiger partial charge >= 0.3 is 11.9 Å². The maximum Gasteiger partial charge on any atom is 0.335 e. The second-order valence-electron chi connectivity index (χ2n) is 14.7. The lowest BCUT2D eigenvalue weighted by Crippen LogP contribution is -2.52. The van der Waals surface area contributed by atoms with Crippen molar-refractivity contribution in [3.8, 4) is 0 Å². The van der Waals surface area contributed by atoms with Gasteiger partial charge in [0.25, 0.3) is 11.8 Å². The molecule has 1 atom stereocenters. The highest BCUT2D eigenvalue weighted by atomic mass is 16.4. The largest absolute Gasteiger partial charge is 0.478 e. The lowest BCUT2D eigenvalue weighted by atomic mass is 9.49. The molecule has 1 aliphatic heterocycles. The predicted molar refractivity (Wildman–Crippen MR) is 182 cm³/mol. The standard InChI is InChI=1S/C38H37N5O7/c44-33(39-18-38-14-20-5-21(15-38)7-22(6-20)16-38)28-12-30-31(41-19-40-30)13-29(28)35(46)43-17-24-4-2-1-3-23(24)11-32(43)34(45)42-27-9-25(36(47)48)8-26(10-27)37(49)50/h1-4,8-10,12-13,19-22,32H,5-7,11,14-18H2,(H,39,44)(H,40,41)(H,42,45)(H,47,48)(H,49,50). The number of nitrogens with one attached hydrogen (secondary N) is 3. The number of amides is 3. The minimum Gasteiger partial charge on any atom is -0.478 e. The van der Waals surface area contributed by atoms with Crippen molar-refractivity contribution in [2.24, 2.45) is 23.2 Å². The van der Waals surface area contributed by atoms with Crippen molar-refractivity contribution in [3.05, 3.63) is 94.3 Å². The van der Waals surface area contributed by atoms with Crippen LogP contribution in [-0.2, 0) is 17.8 Å². The molecule has 3 aromatic carbocycles. The first-order chi connectivity index (χ1) is 24.0. The highest BCUT2D eigenvalue weighted by Gasteiger charge is 2.51. The van der Waals surface area contributed by atoms with Crippen LogP contribution in [0.1, 0.15) is 91.1 Å². The SMILES string of the molecule is O=C(O)c1cc(NC(=O)C2Cc3ccccc3CN2C(=O)c2cc3[nH]cnc3cc2C(=O)NCC23CC4CC(CC(C4)C2)C3)cc(C(=O)O)c1. The van der Waals surface area contributed by atoms with E-state index < -0.39 is 29.8 Å². The fourth-order valence-electron chi connectivity index (χ4n) is 9.51. The van der Waals surface area contributed by atoms with Gasteiger partial charge in [-0.25, -0.2) is 14.6 Å². The van der Waals surface area contributed by atoms with Gasteiger partial charge in [-0.1, -0.05) is 24.3 Å². The van der Waals surface area contributed by atoms with Gasteiger partial charge in [0, 0.05) is 25.2 Å². The maximum absolute atomic E-state index is 14.7. The number of rotatable bonds is 8. The van der Waals surface area contributed by atoms with Crippen molar-refractivity contribution in [2.45, 2.75) is 57.5 Å². The smallest absolute Gasteiger partial charge is 0.335 e. The molecule has 0 radical (unpaired) electrons. The van der Waals surface area contributed by atoms with Crippen LogP contribution < -0.4 is 10.6 Å². The van der Waals surface area contributed by atoms with E-state index in [0.717, 1.165) is 54.2 Å². The Balaban J connectivity index is 1.11. The number of carbonyl (C=O) groups is 5. The molecule has 12 heteroatoms. The molecule has 1 unspecified atom stereocenters. The zero-order valence-electron chi connectivity index (χ0n) is 27.3. The van der Waals surface area contributed by atoms with E-state index in [0.29, 0.717) is 17.6 Å². The van der Waals surface area contributed by atoms with Crippen molar-refractivity contribution in [1.82, 2.24) is 20.2 Å². The zero-order chi connectivity index (χ0) is 34.7. The molecular formula is C38H37N5O7. The third-order valence-corrected chi connectivity index (χ3v) is 11.3. The summed E-state index contributed by atoms with van der Waals surface area (Å²) in [6.07, 6.45) is 8.89. The van der Waals surface area contributed by atoms with Gasteiger partial charge in [0.05, 0.1) is 39.6 Å². The average molecular weight is 676 g/mol. The third-order valence-electron chi connectivity index (χ3n) is 11.3. The van der Waals surface area contributed by atoms with Crippen molar-refractivity contribution >= 4 is 46.4 Å².